The zero-order valence-corrected chi connectivity index (χ0v) is 73.7. The number of hydrogen-bond acceptors (Lipinski definition) is 4. The van der Waals surface area contributed by atoms with Gasteiger partial charge in [-0.1, -0.05) is 265 Å². The van der Waals surface area contributed by atoms with E-state index in [2.05, 4.69) is 457 Å². The van der Waals surface area contributed by atoms with Gasteiger partial charge in [0.05, 0.1) is 89.0 Å². The fourth-order valence-corrected chi connectivity index (χ4v) is 20.7. The maximum absolute atomic E-state index is 5.21. The normalized spacial score (nSPS) is 11.9. The summed E-state index contributed by atoms with van der Waals surface area (Å²) < 4.78 is 14.6. The van der Waals surface area contributed by atoms with Crippen LogP contribution in [-0.4, -0.2) is 47.3 Å². The van der Waals surface area contributed by atoms with Crippen LogP contribution in [0.2, 0.25) is 0 Å². The van der Waals surface area contributed by atoms with Crippen LogP contribution in [0.1, 0.15) is 33.4 Å². The molecule has 26 rings (SSSR count). The summed E-state index contributed by atoms with van der Waals surface area (Å²) in [4.78, 5) is 20.6. The van der Waals surface area contributed by atoms with Crippen LogP contribution in [0, 0.1) is 41.5 Å². The van der Waals surface area contributed by atoms with Gasteiger partial charge in [0, 0.05) is 132 Å². The zero-order chi connectivity index (χ0) is 88.1. The Morgan fingerprint density at radius 3 is 0.811 bits per heavy atom. The summed E-state index contributed by atoms with van der Waals surface area (Å²) in [5.41, 5.74) is 37.9. The molecule has 132 heavy (non-hydrogen) atoms. The van der Waals surface area contributed by atoms with Gasteiger partial charge in [-0.05, 0) is 223 Å². The van der Waals surface area contributed by atoms with Gasteiger partial charge in [0.25, 0.3) is 0 Å². The van der Waals surface area contributed by atoms with Gasteiger partial charge in [-0.25, -0.2) is 19.9 Å². The summed E-state index contributed by atoms with van der Waals surface area (Å²) in [6.07, 6.45) is 0. The van der Waals surface area contributed by atoms with Gasteiger partial charge in [0.1, 0.15) is 0 Å². The first-order chi connectivity index (χ1) is 64.9. The summed E-state index contributed by atoms with van der Waals surface area (Å²) >= 11 is 0. The van der Waals surface area contributed by atoms with Crippen LogP contribution in [0.25, 0.3) is 233 Å². The third-order valence-corrected chi connectivity index (χ3v) is 27.0. The molecular formula is C122H86N10. The molecule has 8 aromatic heterocycles. The van der Waals surface area contributed by atoms with Crippen LogP contribution in [0.4, 0.5) is 0 Å². The van der Waals surface area contributed by atoms with Gasteiger partial charge in [-0.3, -0.25) is 0 Å². The molecule has 0 fully saturated rings. The van der Waals surface area contributed by atoms with Crippen LogP contribution in [0.15, 0.2) is 413 Å². The first-order valence-corrected chi connectivity index (χ1v) is 45.3. The highest BCUT2D eigenvalue weighted by molar-refractivity contribution is 6.17. The largest absolute Gasteiger partial charge is 0.309 e. The number of para-hydroxylation sites is 6. The first kappa shape index (κ1) is 77.3. The van der Waals surface area contributed by atoms with Gasteiger partial charge in [0.2, 0.25) is 0 Å². The number of aryl methyl sites for hydroxylation is 6. The topological polar surface area (TPSA) is 81.1 Å². The number of benzene rings is 18. The Balaban J connectivity index is 0.000000142. The lowest BCUT2D eigenvalue weighted by Crippen LogP contribution is -2.00. The van der Waals surface area contributed by atoms with Crippen molar-refractivity contribution in [1.82, 2.24) is 47.3 Å². The molecule has 624 valence electrons. The van der Waals surface area contributed by atoms with E-state index in [9.17, 15) is 0 Å². The smallest absolute Gasteiger partial charge is 0.160 e. The lowest BCUT2D eigenvalue weighted by molar-refractivity contribution is 1.14. The maximum atomic E-state index is 5.21. The van der Waals surface area contributed by atoms with Crippen molar-refractivity contribution < 1.29 is 0 Å². The number of nitrogens with zero attached hydrogens (tertiary/aromatic N) is 10. The van der Waals surface area contributed by atoms with Crippen molar-refractivity contribution in [3.8, 4) is 102 Å². The SMILES string of the molecule is Cc1ccc(-c2cc(-c3ccc(-n4c5ccc(-n6c7ccccc7c7ccccc76)cc5c5cc(-n6c7ccccc7c7ccccc76)ccc54)c(C)c3)nc(-c3ccc(C)cc3)n2)cc1.Cc1ccc2c(c1)c1ccccc1n2-c1ccc2c(c1)c1cc(-n3c4ccccc4c4cc(C)ccc43)ccc1n2-c1ccc(-c2cc(-c3ccccc3)nc(-c3ccccc3)n2)c(C)c1. The fourth-order valence-electron chi connectivity index (χ4n) is 20.7. The van der Waals surface area contributed by atoms with Crippen molar-refractivity contribution in [3.63, 3.8) is 0 Å². The summed E-state index contributed by atoms with van der Waals surface area (Å²) in [6, 6.07) is 150. The second-order valence-electron chi connectivity index (χ2n) is 35.4. The van der Waals surface area contributed by atoms with Crippen molar-refractivity contribution in [2.75, 3.05) is 0 Å². The average Bonchev–Trinajstić information content (AvgIpc) is 1.56. The molecule has 10 nitrogen and oxygen atoms in total. The molecule has 0 amide bonds. The molecule has 0 radical (unpaired) electrons. The number of rotatable bonds is 12. The Labute approximate surface area is 762 Å². The summed E-state index contributed by atoms with van der Waals surface area (Å²) in [5, 5.41) is 14.8. The van der Waals surface area contributed by atoms with Crippen molar-refractivity contribution in [2.45, 2.75) is 41.5 Å². The third-order valence-electron chi connectivity index (χ3n) is 27.0. The summed E-state index contributed by atoms with van der Waals surface area (Å²) in [5.74, 6) is 1.42. The van der Waals surface area contributed by atoms with E-state index in [4.69, 9.17) is 19.9 Å². The molecule has 8 heterocycles. The molecule has 0 saturated heterocycles. The van der Waals surface area contributed by atoms with Crippen molar-refractivity contribution in [3.05, 3.63) is 446 Å². The van der Waals surface area contributed by atoms with Gasteiger partial charge in [-0.2, -0.15) is 0 Å². The van der Waals surface area contributed by atoms with Gasteiger partial charge >= 0.3 is 0 Å². The predicted molar refractivity (Wildman–Crippen MR) is 551 cm³/mol. The molecule has 0 bridgehead atoms. The van der Waals surface area contributed by atoms with Crippen LogP contribution in [0.3, 0.4) is 0 Å². The second-order valence-corrected chi connectivity index (χ2v) is 35.4. The zero-order valence-electron chi connectivity index (χ0n) is 73.7. The highest BCUT2D eigenvalue weighted by Crippen LogP contribution is 2.46. The Hall–Kier alpha value is -17.1. The molecule has 0 aliphatic rings. The van der Waals surface area contributed by atoms with Crippen LogP contribution >= 0.6 is 0 Å². The van der Waals surface area contributed by atoms with E-state index >= 15 is 0 Å². The van der Waals surface area contributed by atoms with Crippen molar-refractivity contribution in [2.24, 2.45) is 0 Å². The molecule has 0 spiro atoms. The Morgan fingerprint density at radius 2 is 0.424 bits per heavy atom. The summed E-state index contributed by atoms with van der Waals surface area (Å²) in [7, 11) is 0. The summed E-state index contributed by atoms with van der Waals surface area (Å²) in [6.45, 7) is 13.0. The standard InChI is InChI=1S/2C61H43N5/c1-38-20-24-41(25-21-38)52-37-53(63-61(62-52)42-26-22-39(2)23-27-42)43-28-31-54(40(3)34-43)66-59-32-29-44(64-55-16-8-4-12-46(55)47-13-5-9-17-56(47)64)35-50(59)51-36-45(30-33-60(51)66)65-57-18-10-6-14-48(57)49-15-7-11-19-58(49)65;1-38-22-28-57-49(32-38)47-18-10-12-20-55(47)65(57)44-25-30-59-51(35-44)52-36-45(66-56-21-13-11-19-48(56)50-33-39(2)23-29-58(50)66)26-31-60(52)64(59)43-24-27-46(40(3)34-43)54-37-53(41-14-6-4-7-15-41)62-61(63-54)42-16-8-5-9-17-42/h2*4-37H,1-3H3. The van der Waals surface area contributed by atoms with Gasteiger partial charge in [-0.15, -0.1) is 0 Å². The highest BCUT2D eigenvalue weighted by Gasteiger charge is 2.26. The lowest BCUT2D eigenvalue weighted by atomic mass is 10.0. The van der Waals surface area contributed by atoms with E-state index in [0.29, 0.717) is 11.6 Å². The maximum Gasteiger partial charge on any atom is 0.160 e. The molecule has 18 aromatic carbocycles. The predicted octanol–water partition coefficient (Wildman–Crippen LogP) is 31.4. The second kappa shape index (κ2) is 30.9. The fraction of sp³-hybridized carbons (Fsp3) is 0.0492. The molecule has 10 heteroatoms. The van der Waals surface area contributed by atoms with E-state index in [0.717, 1.165) is 123 Å². The molecular weight excluding hydrogens is 1610 g/mol. The molecule has 0 atom stereocenters. The van der Waals surface area contributed by atoms with Crippen LogP contribution < -0.4 is 0 Å². The number of aromatic nitrogens is 10. The van der Waals surface area contributed by atoms with E-state index in [1.54, 1.807) is 0 Å². The molecule has 0 aliphatic carbocycles. The molecule has 26 aromatic rings. The first-order valence-electron chi connectivity index (χ1n) is 45.3. The Morgan fingerprint density at radius 1 is 0.159 bits per heavy atom. The minimum Gasteiger partial charge on any atom is -0.309 e. The van der Waals surface area contributed by atoms with E-state index in [-0.39, 0.29) is 0 Å². The monoisotopic (exact) mass is 1690 g/mol. The quantitative estimate of drug-likeness (QED) is 0.122. The number of fused-ring (bicyclic) bond motifs is 18. The minimum absolute atomic E-state index is 0.709. The third kappa shape index (κ3) is 12.8. The number of hydrogen-bond donors (Lipinski definition) is 0. The van der Waals surface area contributed by atoms with E-state index in [1.807, 2.05) is 24.3 Å². The lowest BCUT2D eigenvalue weighted by Gasteiger charge is -2.15. The van der Waals surface area contributed by atoms with Gasteiger partial charge in [0.15, 0.2) is 11.6 Å². The van der Waals surface area contributed by atoms with Gasteiger partial charge < -0.3 is 27.4 Å². The highest BCUT2D eigenvalue weighted by atomic mass is 15.0. The van der Waals surface area contributed by atoms with Crippen LogP contribution in [0.5, 0.6) is 0 Å². The molecule has 0 unspecified atom stereocenters. The Kier molecular flexibility index (Phi) is 18.1. The molecule has 0 aliphatic heterocycles. The van der Waals surface area contributed by atoms with E-state index < -0.39 is 0 Å². The minimum atomic E-state index is 0.709. The van der Waals surface area contributed by atoms with Crippen LogP contribution in [-0.2, 0) is 0 Å². The van der Waals surface area contributed by atoms with Crippen molar-refractivity contribution >= 4 is 131 Å². The van der Waals surface area contributed by atoms with E-state index in [1.165, 1.54) is 131 Å². The van der Waals surface area contributed by atoms with Crippen molar-refractivity contribution in [1.29, 1.82) is 0 Å². The molecule has 0 saturated carbocycles. The Bertz CT molecular complexity index is 8640. The molecule has 0 N–H and O–H groups in total. The average molecular weight is 1690 g/mol.